The van der Waals surface area contributed by atoms with Gasteiger partial charge in [0.2, 0.25) is 0 Å². The average molecular weight is 412 g/mol. The lowest BCUT2D eigenvalue weighted by Gasteiger charge is -2.29. The third kappa shape index (κ3) is 4.80. The molecule has 1 aliphatic rings. The van der Waals surface area contributed by atoms with E-state index < -0.39 is 10.9 Å². The zero-order valence-electron chi connectivity index (χ0n) is 16.3. The van der Waals surface area contributed by atoms with Gasteiger partial charge in [0, 0.05) is 24.1 Å². The number of ether oxygens (including phenoxy) is 2. The summed E-state index contributed by atoms with van der Waals surface area (Å²) in [7, 11) is 0. The molecule has 156 valence electrons. The van der Waals surface area contributed by atoms with E-state index in [2.05, 4.69) is 0 Å². The van der Waals surface area contributed by atoms with Crippen molar-refractivity contribution in [2.75, 3.05) is 18.1 Å². The smallest absolute Gasteiger partial charge is 0.306 e. The van der Waals surface area contributed by atoms with Crippen LogP contribution in [0.3, 0.4) is 0 Å². The van der Waals surface area contributed by atoms with Crippen molar-refractivity contribution in [3.63, 3.8) is 0 Å². The molecule has 0 unspecified atom stereocenters. The van der Waals surface area contributed by atoms with Gasteiger partial charge in [0.15, 0.2) is 12.4 Å². The fraction of sp³-hybridized carbons (Fsp3) is 0.286. The van der Waals surface area contributed by atoms with Crippen LogP contribution in [-0.4, -0.2) is 35.8 Å². The molecule has 0 bridgehead atoms. The lowest BCUT2D eigenvalue weighted by molar-refractivity contribution is -0.384. The molecule has 0 atom stereocenters. The van der Waals surface area contributed by atoms with Crippen molar-refractivity contribution in [3.05, 3.63) is 63.7 Å². The van der Waals surface area contributed by atoms with Crippen LogP contribution in [0.4, 0.5) is 11.4 Å². The predicted octanol–water partition coefficient (Wildman–Crippen LogP) is 3.05. The maximum Gasteiger partial charge on any atom is 0.306 e. The second-order valence-electron chi connectivity index (χ2n) is 6.60. The van der Waals surface area contributed by atoms with E-state index in [0.29, 0.717) is 22.6 Å². The Kier molecular flexibility index (Phi) is 6.41. The molecule has 3 rings (SSSR count). The summed E-state index contributed by atoms with van der Waals surface area (Å²) in [5.41, 5.74) is 1.44. The maximum atomic E-state index is 12.5. The van der Waals surface area contributed by atoms with Gasteiger partial charge >= 0.3 is 5.97 Å². The van der Waals surface area contributed by atoms with Gasteiger partial charge in [-0.3, -0.25) is 24.5 Å². The van der Waals surface area contributed by atoms with Crippen LogP contribution in [0.1, 0.15) is 35.7 Å². The highest BCUT2D eigenvalue weighted by Crippen LogP contribution is 2.34. The molecular formula is C21H20N2O7. The molecule has 0 spiro atoms. The van der Waals surface area contributed by atoms with Crippen molar-refractivity contribution in [2.45, 2.75) is 26.3 Å². The van der Waals surface area contributed by atoms with Gasteiger partial charge in [0.25, 0.3) is 11.6 Å². The number of amides is 1. The molecule has 30 heavy (non-hydrogen) atoms. The number of esters is 1. The molecule has 0 aliphatic carbocycles. The van der Waals surface area contributed by atoms with E-state index in [0.717, 1.165) is 0 Å². The number of hydrogen-bond acceptors (Lipinski definition) is 7. The van der Waals surface area contributed by atoms with Crippen molar-refractivity contribution in [2.24, 2.45) is 0 Å². The first-order valence-electron chi connectivity index (χ1n) is 9.38. The van der Waals surface area contributed by atoms with Gasteiger partial charge in [-0.2, -0.15) is 0 Å². The average Bonchev–Trinajstić information content (AvgIpc) is 2.74. The van der Waals surface area contributed by atoms with Crippen LogP contribution in [0.5, 0.6) is 5.75 Å². The van der Waals surface area contributed by atoms with Crippen LogP contribution in [0.25, 0.3) is 0 Å². The molecule has 2 aromatic rings. The first kappa shape index (κ1) is 21.0. The van der Waals surface area contributed by atoms with Crippen LogP contribution in [0, 0.1) is 10.1 Å². The molecule has 0 aromatic heterocycles. The monoisotopic (exact) mass is 412 g/mol. The Morgan fingerprint density at radius 3 is 2.57 bits per heavy atom. The Morgan fingerprint density at radius 1 is 1.17 bits per heavy atom. The van der Waals surface area contributed by atoms with Gasteiger partial charge in [-0.15, -0.1) is 0 Å². The van der Waals surface area contributed by atoms with Crippen molar-refractivity contribution >= 4 is 29.0 Å². The van der Waals surface area contributed by atoms with E-state index in [1.807, 2.05) is 0 Å². The number of anilines is 1. The maximum absolute atomic E-state index is 12.5. The molecule has 0 saturated heterocycles. The van der Waals surface area contributed by atoms with Crippen LogP contribution in [0.2, 0.25) is 0 Å². The predicted molar refractivity (Wildman–Crippen MR) is 106 cm³/mol. The molecular weight excluding hydrogens is 392 g/mol. The van der Waals surface area contributed by atoms with Gasteiger partial charge in [0.1, 0.15) is 5.75 Å². The number of nitrogens with zero attached hydrogens (tertiary/aromatic N) is 2. The summed E-state index contributed by atoms with van der Waals surface area (Å²) in [6, 6.07) is 10.7. The molecule has 0 radical (unpaired) electrons. The molecule has 1 aliphatic heterocycles. The number of carbonyl (C=O) groups is 3. The highest BCUT2D eigenvalue weighted by atomic mass is 16.6. The zero-order valence-corrected chi connectivity index (χ0v) is 16.3. The molecule has 1 amide bonds. The Morgan fingerprint density at radius 2 is 1.90 bits per heavy atom. The van der Waals surface area contributed by atoms with Crippen molar-refractivity contribution in [3.8, 4) is 5.75 Å². The van der Waals surface area contributed by atoms with Crippen molar-refractivity contribution in [1.29, 1.82) is 0 Å². The van der Waals surface area contributed by atoms with E-state index in [4.69, 9.17) is 9.47 Å². The van der Waals surface area contributed by atoms with Crippen LogP contribution >= 0.6 is 0 Å². The summed E-state index contributed by atoms with van der Waals surface area (Å²) in [6.45, 7) is 1.98. The second-order valence-corrected chi connectivity index (χ2v) is 6.60. The van der Waals surface area contributed by atoms with Gasteiger partial charge in [-0.25, -0.2) is 0 Å². The van der Waals surface area contributed by atoms with Gasteiger partial charge < -0.3 is 14.4 Å². The van der Waals surface area contributed by atoms with Crippen molar-refractivity contribution in [1.82, 2.24) is 0 Å². The number of nitro benzene ring substituents is 1. The first-order chi connectivity index (χ1) is 14.4. The molecule has 9 nitrogen and oxygen atoms in total. The summed E-state index contributed by atoms with van der Waals surface area (Å²) in [5, 5.41) is 10.8. The Labute approximate surface area is 172 Å². The molecule has 1 heterocycles. The summed E-state index contributed by atoms with van der Waals surface area (Å²) in [4.78, 5) is 48.2. The highest BCUT2D eigenvalue weighted by molar-refractivity contribution is 6.02. The number of carbonyl (C=O) groups excluding carboxylic acids is 3. The van der Waals surface area contributed by atoms with Gasteiger partial charge in [-0.1, -0.05) is 12.1 Å². The lowest BCUT2D eigenvalue weighted by atomic mass is 10.0. The standard InChI is InChI=1S/C21H20N2O7/c1-2-29-21(26)10-8-18(24)15-5-9-19-17(11-15)22(20(25)13-30-19)12-14-3-6-16(7-4-14)23(27)28/h3-7,9,11H,2,8,10,12-13H2,1H3. The van der Waals surface area contributed by atoms with E-state index in [1.165, 1.54) is 17.0 Å². The number of rotatable bonds is 8. The fourth-order valence-electron chi connectivity index (χ4n) is 3.05. The van der Waals surface area contributed by atoms with E-state index in [-0.39, 0.29) is 50.0 Å². The summed E-state index contributed by atoms with van der Waals surface area (Å²) < 4.78 is 10.3. The lowest BCUT2D eigenvalue weighted by Crippen LogP contribution is -2.38. The topological polar surface area (TPSA) is 116 Å². The largest absolute Gasteiger partial charge is 0.482 e. The first-order valence-corrected chi connectivity index (χ1v) is 9.38. The van der Waals surface area contributed by atoms with E-state index >= 15 is 0 Å². The number of fused-ring (bicyclic) bond motifs is 1. The molecule has 0 saturated carbocycles. The van der Waals surface area contributed by atoms with Crippen molar-refractivity contribution < 1.29 is 28.8 Å². The highest BCUT2D eigenvalue weighted by Gasteiger charge is 2.27. The van der Waals surface area contributed by atoms with E-state index in [1.54, 1.807) is 37.3 Å². The van der Waals surface area contributed by atoms with Crippen LogP contribution < -0.4 is 9.64 Å². The SMILES string of the molecule is CCOC(=O)CCC(=O)c1ccc2c(c1)N(Cc1ccc([N+](=O)[O-])cc1)C(=O)CO2. The Hall–Kier alpha value is -3.75. The normalized spacial score (nSPS) is 12.7. The number of ketones is 1. The molecule has 2 aromatic carbocycles. The minimum Gasteiger partial charge on any atom is -0.482 e. The molecule has 0 fully saturated rings. The van der Waals surface area contributed by atoms with Gasteiger partial charge in [0.05, 0.1) is 30.2 Å². The number of Topliss-reactive ketones (excluding diaryl/α,β-unsaturated/α-hetero) is 1. The number of benzene rings is 2. The Balaban J connectivity index is 1.80. The third-order valence-electron chi connectivity index (χ3n) is 4.57. The van der Waals surface area contributed by atoms with Crippen LogP contribution in [0.15, 0.2) is 42.5 Å². The van der Waals surface area contributed by atoms with Gasteiger partial charge in [-0.05, 0) is 30.7 Å². The minimum absolute atomic E-state index is 0.00518. The second kappa shape index (κ2) is 9.17. The number of nitro groups is 1. The summed E-state index contributed by atoms with van der Waals surface area (Å²) >= 11 is 0. The summed E-state index contributed by atoms with van der Waals surface area (Å²) in [6.07, 6.45) is -0.0273. The summed E-state index contributed by atoms with van der Waals surface area (Å²) in [5.74, 6) is -0.531. The third-order valence-corrected chi connectivity index (χ3v) is 4.57. The zero-order chi connectivity index (χ0) is 21.7. The Bertz CT molecular complexity index is 985. The number of hydrogen-bond donors (Lipinski definition) is 0. The quantitative estimate of drug-likeness (QED) is 0.283. The number of non-ortho nitro benzene ring substituents is 1. The molecule has 9 heteroatoms. The van der Waals surface area contributed by atoms with E-state index in [9.17, 15) is 24.5 Å². The molecule has 0 N–H and O–H groups in total. The van der Waals surface area contributed by atoms with Crippen LogP contribution in [-0.2, 0) is 20.9 Å². The minimum atomic E-state index is -0.493. The fourth-order valence-corrected chi connectivity index (χ4v) is 3.05.